The molecule has 6 heteroatoms. The standard InChI is InChI=1S/C12H18ClN3.2ClH/c1-2-15-6-8-16(9-7-15)12-10(13)4-3-5-11(12)14;;/h3-5H,2,6-9,14H2,1H3;2*1H. The number of piperazine rings is 1. The third-order valence-corrected chi connectivity index (χ3v) is 3.46. The summed E-state index contributed by atoms with van der Waals surface area (Å²) in [6, 6.07) is 5.70. The van der Waals surface area contributed by atoms with Crippen molar-refractivity contribution in [3.05, 3.63) is 23.2 Å². The molecular formula is C12H20Cl3N3. The van der Waals surface area contributed by atoms with Crippen LogP contribution >= 0.6 is 36.4 Å². The lowest BCUT2D eigenvalue weighted by molar-refractivity contribution is 0.271. The van der Waals surface area contributed by atoms with Crippen LogP contribution in [0.15, 0.2) is 18.2 Å². The molecular weight excluding hydrogens is 293 g/mol. The summed E-state index contributed by atoms with van der Waals surface area (Å²) >= 11 is 6.20. The second-order valence-electron chi connectivity index (χ2n) is 4.10. The van der Waals surface area contributed by atoms with Crippen molar-refractivity contribution < 1.29 is 0 Å². The van der Waals surface area contributed by atoms with Gasteiger partial charge in [-0.1, -0.05) is 24.6 Å². The van der Waals surface area contributed by atoms with Gasteiger partial charge in [0.15, 0.2) is 0 Å². The number of rotatable bonds is 2. The summed E-state index contributed by atoms with van der Waals surface area (Å²) in [5, 5.41) is 0.755. The van der Waals surface area contributed by atoms with Crippen molar-refractivity contribution in [3.63, 3.8) is 0 Å². The van der Waals surface area contributed by atoms with Gasteiger partial charge in [-0.2, -0.15) is 0 Å². The molecule has 0 unspecified atom stereocenters. The van der Waals surface area contributed by atoms with E-state index in [4.69, 9.17) is 17.3 Å². The first kappa shape index (κ1) is 17.6. The lowest BCUT2D eigenvalue weighted by Crippen LogP contribution is -2.46. The summed E-state index contributed by atoms with van der Waals surface area (Å²) in [6.45, 7) is 7.48. The molecule has 104 valence electrons. The Hall–Kier alpha value is -0.350. The topological polar surface area (TPSA) is 32.5 Å². The van der Waals surface area contributed by atoms with Gasteiger partial charge in [-0.15, -0.1) is 24.8 Å². The van der Waals surface area contributed by atoms with E-state index in [-0.39, 0.29) is 24.8 Å². The van der Waals surface area contributed by atoms with Crippen LogP contribution < -0.4 is 10.6 Å². The number of nitrogens with zero attached hydrogens (tertiary/aromatic N) is 2. The van der Waals surface area contributed by atoms with Crippen molar-refractivity contribution in [1.82, 2.24) is 4.90 Å². The van der Waals surface area contributed by atoms with E-state index in [1.807, 2.05) is 18.2 Å². The third-order valence-electron chi connectivity index (χ3n) is 3.15. The lowest BCUT2D eigenvalue weighted by Gasteiger charge is -2.36. The Balaban J connectivity index is 0.00000144. The smallest absolute Gasteiger partial charge is 0.0790 e. The van der Waals surface area contributed by atoms with E-state index in [2.05, 4.69) is 16.7 Å². The number of nitrogen functional groups attached to an aromatic ring is 1. The van der Waals surface area contributed by atoms with Gasteiger partial charge in [0.25, 0.3) is 0 Å². The normalized spacial score (nSPS) is 15.8. The Morgan fingerprint density at radius 3 is 2.28 bits per heavy atom. The van der Waals surface area contributed by atoms with Crippen molar-refractivity contribution in [2.45, 2.75) is 6.92 Å². The highest BCUT2D eigenvalue weighted by Crippen LogP contribution is 2.32. The maximum absolute atomic E-state index is 6.20. The van der Waals surface area contributed by atoms with Crippen LogP contribution in [-0.2, 0) is 0 Å². The Labute approximate surface area is 126 Å². The van der Waals surface area contributed by atoms with Gasteiger partial charge in [0.1, 0.15) is 0 Å². The largest absolute Gasteiger partial charge is 0.397 e. The van der Waals surface area contributed by atoms with Crippen LogP contribution in [0, 0.1) is 0 Å². The maximum atomic E-state index is 6.20. The van der Waals surface area contributed by atoms with Gasteiger partial charge in [0.2, 0.25) is 0 Å². The first-order valence-corrected chi connectivity index (χ1v) is 6.11. The highest BCUT2D eigenvalue weighted by Gasteiger charge is 2.19. The number of halogens is 3. The molecule has 1 aromatic carbocycles. The van der Waals surface area contributed by atoms with Crippen molar-refractivity contribution in [3.8, 4) is 0 Å². The molecule has 0 atom stereocenters. The van der Waals surface area contributed by atoms with Gasteiger partial charge in [-0.25, -0.2) is 0 Å². The zero-order valence-electron chi connectivity index (χ0n) is 10.4. The Morgan fingerprint density at radius 1 is 1.17 bits per heavy atom. The molecule has 0 amide bonds. The zero-order valence-corrected chi connectivity index (χ0v) is 12.8. The minimum atomic E-state index is 0. The summed E-state index contributed by atoms with van der Waals surface area (Å²) in [7, 11) is 0. The van der Waals surface area contributed by atoms with Crippen LogP contribution in [0.5, 0.6) is 0 Å². The Bertz CT molecular complexity index is 345. The summed E-state index contributed by atoms with van der Waals surface area (Å²) in [4.78, 5) is 4.72. The van der Waals surface area contributed by atoms with Crippen LogP contribution in [-0.4, -0.2) is 37.6 Å². The van der Waals surface area contributed by atoms with E-state index in [1.54, 1.807) is 0 Å². The predicted molar refractivity (Wildman–Crippen MR) is 84.7 cm³/mol. The SMILES string of the molecule is CCN1CCN(c2c(N)cccc2Cl)CC1.Cl.Cl. The monoisotopic (exact) mass is 311 g/mol. The minimum Gasteiger partial charge on any atom is -0.397 e. The Morgan fingerprint density at radius 2 is 1.78 bits per heavy atom. The number of hydrogen-bond acceptors (Lipinski definition) is 3. The van der Waals surface area contributed by atoms with E-state index in [0.717, 1.165) is 49.1 Å². The average molecular weight is 313 g/mol. The van der Waals surface area contributed by atoms with Gasteiger partial charge in [-0.3, -0.25) is 0 Å². The van der Waals surface area contributed by atoms with Crippen LogP contribution in [0.25, 0.3) is 0 Å². The number of nitrogens with two attached hydrogens (primary N) is 1. The van der Waals surface area contributed by atoms with Crippen LogP contribution in [0.2, 0.25) is 5.02 Å². The van der Waals surface area contributed by atoms with E-state index in [0.29, 0.717) is 0 Å². The van der Waals surface area contributed by atoms with Crippen molar-refractivity contribution in [1.29, 1.82) is 0 Å². The minimum absolute atomic E-state index is 0. The molecule has 0 aliphatic carbocycles. The molecule has 1 aliphatic heterocycles. The van der Waals surface area contributed by atoms with E-state index in [9.17, 15) is 0 Å². The number of benzene rings is 1. The van der Waals surface area contributed by atoms with Gasteiger partial charge in [0, 0.05) is 26.2 Å². The van der Waals surface area contributed by atoms with Crippen LogP contribution in [0.3, 0.4) is 0 Å². The molecule has 0 aromatic heterocycles. The second-order valence-corrected chi connectivity index (χ2v) is 4.51. The van der Waals surface area contributed by atoms with E-state index >= 15 is 0 Å². The number of anilines is 2. The van der Waals surface area contributed by atoms with Crippen molar-refractivity contribution >= 4 is 47.8 Å². The van der Waals surface area contributed by atoms with Crippen molar-refractivity contribution in [2.24, 2.45) is 0 Å². The molecule has 2 rings (SSSR count). The summed E-state index contributed by atoms with van der Waals surface area (Å²) in [5.74, 6) is 0. The summed E-state index contributed by atoms with van der Waals surface area (Å²) < 4.78 is 0. The molecule has 1 fully saturated rings. The summed E-state index contributed by atoms with van der Waals surface area (Å²) in [5.41, 5.74) is 7.76. The number of para-hydroxylation sites is 1. The molecule has 3 nitrogen and oxygen atoms in total. The highest BCUT2D eigenvalue weighted by atomic mass is 35.5. The summed E-state index contributed by atoms with van der Waals surface area (Å²) in [6.07, 6.45) is 0. The van der Waals surface area contributed by atoms with E-state index < -0.39 is 0 Å². The van der Waals surface area contributed by atoms with Gasteiger partial charge < -0.3 is 15.5 Å². The van der Waals surface area contributed by atoms with Crippen molar-refractivity contribution in [2.75, 3.05) is 43.4 Å². The molecule has 1 aliphatic rings. The fourth-order valence-corrected chi connectivity index (χ4v) is 2.45. The quantitative estimate of drug-likeness (QED) is 0.852. The number of hydrogen-bond donors (Lipinski definition) is 1. The first-order valence-electron chi connectivity index (χ1n) is 5.73. The number of likely N-dealkylation sites (N-methyl/N-ethyl adjacent to an activating group) is 1. The molecule has 0 saturated carbocycles. The molecule has 0 bridgehead atoms. The van der Waals surface area contributed by atoms with Gasteiger partial charge in [-0.05, 0) is 18.7 Å². The highest BCUT2D eigenvalue weighted by molar-refractivity contribution is 6.34. The molecule has 1 aromatic rings. The molecule has 1 heterocycles. The molecule has 2 N–H and O–H groups in total. The zero-order chi connectivity index (χ0) is 11.5. The molecule has 1 saturated heterocycles. The first-order chi connectivity index (χ1) is 7.72. The van der Waals surface area contributed by atoms with Crippen LogP contribution in [0.4, 0.5) is 11.4 Å². The lowest BCUT2D eigenvalue weighted by atomic mass is 10.2. The maximum Gasteiger partial charge on any atom is 0.0790 e. The molecule has 18 heavy (non-hydrogen) atoms. The average Bonchev–Trinajstić information content (AvgIpc) is 2.30. The third kappa shape index (κ3) is 3.82. The van der Waals surface area contributed by atoms with Gasteiger partial charge in [0.05, 0.1) is 16.4 Å². The fourth-order valence-electron chi connectivity index (χ4n) is 2.15. The second kappa shape index (κ2) is 7.95. The molecule has 0 radical (unpaired) electrons. The fraction of sp³-hybridized carbons (Fsp3) is 0.500. The van der Waals surface area contributed by atoms with Crippen LogP contribution in [0.1, 0.15) is 6.92 Å². The van der Waals surface area contributed by atoms with E-state index in [1.165, 1.54) is 0 Å². The Kier molecular flexibility index (Phi) is 7.79. The molecule has 0 spiro atoms. The predicted octanol–water partition coefficient (Wildman–Crippen LogP) is 2.91. The van der Waals surface area contributed by atoms with Gasteiger partial charge >= 0.3 is 0 Å².